The molecule has 0 aromatic heterocycles. The molecule has 1 saturated heterocycles. The van der Waals surface area contributed by atoms with Gasteiger partial charge in [-0.05, 0) is 74.9 Å². The summed E-state index contributed by atoms with van der Waals surface area (Å²) in [6, 6.07) is 11.5. The second kappa shape index (κ2) is 9.55. The lowest BCUT2D eigenvalue weighted by atomic mass is 10.1. The Kier molecular flexibility index (Phi) is 6.74. The normalized spacial score (nSPS) is 19.0. The summed E-state index contributed by atoms with van der Waals surface area (Å²) in [5, 5.41) is 3.10. The van der Waals surface area contributed by atoms with Crippen LogP contribution >= 0.6 is 0 Å². The zero-order valence-corrected chi connectivity index (χ0v) is 20.0. The van der Waals surface area contributed by atoms with Crippen LogP contribution in [0.15, 0.2) is 47.4 Å². The van der Waals surface area contributed by atoms with Gasteiger partial charge in [0.1, 0.15) is 6.04 Å². The Balaban J connectivity index is 1.50. The van der Waals surface area contributed by atoms with E-state index in [1.165, 1.54) is 6.07 Å². The average Bonchev–Trinajstić information content (AvgIpc) is 3.47. The summed E-state index contributed by atoms with van der Waals surface area (Å²) >= 11 is 0. The van der Waals surface area contributed by atoms with Crippen molar-refractivity contribution < 1.29 is 18.0 Å². The van der Waals surface area contributed by atoms with E-state index in [0.717, 1.165) is 37.7 Å². The lowest BCUT2D eigenvalue weighted by Crippen LogP contribution is -2.48. The number of anilines is 1. The van der Waals surface area contributed by atoms with Crippen molar-refractivity contribution in [2.24, 2.45) is 0 Å². The van der Waals surface area contributed by atoms with Crippen molar-refractivity contribution in [3.8, 4) is 0 Å². The minimum absolute atomic E-state index is 0.0838. The van der Waals surface area contributed by atoms with E-state index in [9.17, 15) is 18.0 Å². The Labute approximate surface area is 195 Å². The van der Waals surface area contributed by atoms with Gasteiger partial charge in [-0.15, -0.1) is 0 Å². The van der Waals surface area contributed by atoms with Crippen molar-refractivity contribution in [2.45, 2.75) is 69.4 Å². The van der Waals surface area contributed by atoms with Gasteiger partial charge in [-0.3, -0.25) is 14.3 Å². The van der Waals surface area contributed by atoms with Gasteiger partial charge in [-0.2, -0.15) is 0 Å². The summed E-state index contributed by atoms with van der Waals surface area (Å²) in [5.41, 5.74) is 2.17. The second-order valence-corrected chi connectivity index (χ2v) is 10.8. The molecule has 2 amide bonds. The molecule has 4 rings (SSSR count). The highest BCUT2D eigenvalue weighted by Crippen LogP contribution is 2.25. The fourth-order valence-corrected chi connectivity index (χ4v) is 6.12. The molecular formula is C25H31N3O4S. The van der Waals surface area contributed by atoms with Crippen LogP contribution in [0.2, 0.25) is 0 Å². The third kappa shape index (κ3) is 5.21. The molecule has 0 radical (unpaired) electrons. The predicted molar refractivity (Wildman–Crippen MR) is 128 cm³/mol. The smallest absolute Gasteiger partial charge is 0.262 e. The highest BCUT2D eigenvalue weighted by atomic mass is 32.2. The number of nitrogens with zero attached hydrogens (tertiary/aromatic N) is 1. The molecule has 0 bridgehead atoms. The Hall–Kier alpha value is -2.87. The highest BCUT2D eigenvalue weighted by Gasteiger charge is 2.35. The Morgan fingerprint density at radius 3 is 2.48 bits per heavy atom. The molecule has 0 spiro atoms. The van der Waals surface area contributed by atoms with Crippen molar-refractivity contribution in [1.82, 2.24) is 10.2 Å². The molecule has 1 heterocycles. The number of sulfonamides is 1. The van der Waals surface area contributed by atoms with E-state index in [-0.39, 0.29) is 22.8 Å². The van der Waals surface area contributed by atoms with Gasteiger partial charge >= 0.3 is 0 Å². The summed E-state index contributed by atoms with van der Waals surface area (Å²) in [6.45, 7) is 4.10. The molecule has 1 aliphatic heterocycles. The molecule has 176 valence electrons. The number of likely N-dealkylation sites (tertiary alicyclic amines) is 1. The van der Waals surface area contributed by atoms with E-state index in [1.54, 1.807) is 42.2 Å². The van der Waals surface area contributed by atoms with Gasteiger partial charge in [0.25, 0.3) is 15.9 Å². The quantitative estimate of drug-likeness (QED) is 0.673. The third-order valence-corrected chi connectivity index (χ3v) is 8.04. The van der Waals surface area contributed by atoms with E-state index in [0.29, 0.717) is 29.8 Å². The third-order valence-electron chi connectivity index (χ3n) is 6.51. The van der Waals surface area contributed by atoms with E-state index < -0.39 is 16.1 Å². The zero-order chi connectivity index (χ0) is 23.6. The van der Waals surface area contributed by atoms with Crippen LogP contribution in [0.25, 0.3) is 0 Å². The number of amides is 2. The second-order valence-electron chi connectivity index (χ2n) is 9.10. The summed E-state index contributed by atoms with van der Waals surface area (Å²) in [7, 11) is -3.80. The molecule has 1 aliphatic carbocycles. The maximum absolute atomic E-state index is 13.3. The number of hydrogen-bond donors (Lipinski definition) is 2. The molecule has 2 aromatic rings. The van der Waals surface area contributed by atoms with Crippen LogP contribution in [0.3, 0.4) is 0 Å². The maximum Gasteiger partial charge on any atom is 0.262 e. The number of nitrogens with one attached hydrogen (secondary N) is 2. The first-order valence-corrected chi connectivity index (χ1v) is 13.0. The van der Waals surface area contributed by atoms with Gasteiger partial charge in [0.05, 0.1) is 4.90 Å². The first-order valence-electron chi connectivity index (χ1n) is 11.6. The van der Waals surface area contributed by atoms with E-state index in [1.807, 2.05) is 13.0 Å². The Morgan fingerprint density at radius 2 is 1.73 bits per heavy atom. The van der Waals surface area contributed by atoms with Crippen molar-refractivity contribution in [2.75, 3.05) is 11.3 Å². The summed E-state index contributed by atoms with van der Waals surface area (Å²) in [6.07, 6.45) is 5.66. The average molecular weight is 470 g/mol. The first kappa shape index (κ1) is 23.3. The van der Waals surface area contributed by atoms with Crippen LogP contribution in [0.4, 0.5) is 5.69 Å². The first-order chi connectivity index (χ1) is 15.7. The number of hydrogen-bond acceptors (Lipinski definition) is 4. The molecule has 7 nitrogen and oxygen atoms in total. The molecular weight excluding hydrogens is 438 g/mol. The molecule has 8 heteroatoms. The SMILES string of the molecule is Cc1ccc(C)c(S(=O)(=O)Nc2cccc(C(=O)N3CCC[C@@H]3C(=O)NC3CCCC3)c2)c1. The molecule has 1 saturated carbocycles. The topological polar surface area (TPSA) is 95.6 Å². The number of carbonyl (C=O) groups excluding carboxylic acids is 2. The van der Waals surface area contributed by atoms with Crippen LogP contribution in [0.1, 0.15) is 60.0 Å². The molecule has 2 aromatic carbocycles. The molecule has 0 unspecified atom stereocenters. The predicted octanol–water partition coefficient (Wildman–Crippen LogP) is 3.77. The molecule has 33 heavy (non-hydrogen) atoms. The minimum atomic E-state index is -3.80. The number of aryl methyl sites for hydroxylation is 2. The lowest BCUT2D eigenvalue weighted by molar-refractivity contribution is -0.125. The van der Waals surface area contributed by atoms with Gasteiger partial charge in [0.15, 0.2) is 0 Å². The lowest BCUT2D eigenvalue weighted by Gasteiger charge is -2.25. The van der Waals surface area contributed by atoms with E-state index >= 15 is 0 Å². The summed E-state index contributed by atoms with van der Waals surface area (Å²) in [4.78, 5) is 27.9. The highest BCUT2D eigenvalue weighted by molar-refractivity contribution is 7.92. The number of carbonyl (C=O) groups is 2. The van der Waals surface area contributed by atoms with Gasteiger partial charge in [-0.25, -0.2) is 8.42 Å². The molecule has 1 atom stereocenters. The van der Waals surface area contributed by atoms with Crippen molar-refractivity contribution in [3.63, 3.8) is 0 Å². The fraction of sp³-hybridized carbons (Fsp3) is 0.440. The van der Waals surface area contributed by atoms with Crippen LogP contribution in [0, 0.1) is 13.8 Å². The maximum atomic E-state index is 13.3. The van der Waals surface area contributed by atoms with E-state index in [2.05, 4.69) is 10.0 Å². The molecule has 2 N–H and O–H groups in total. The number of benzene rings is 2. The largest absolute Gasteiger partial charge is 0.352 e. The van der Waals surface area contributed by atoms with Gasteiger partial charge < -0.3 is 10.2 Å². The molecule has 2 aliphatic rings. The standard InChI is InChI=1S/C25H31N3O4S/c1-17-12-13-18(2)23(15-17)33(31,32)27-21-10-5-7-19(16-21)25(30)28-14-6-11-22(28)24(29)26-20-8-3-4-9-20/h5,7,10,12-13,15-16,20,22,27H,3-4,6,8-9,11,14H2,1-2H3,(H,26,29)/t22-/m1/s1. The van der Waals surface area contributed by atoms with Crippen molar-refractivity contribution in [1.29, 1.82) is 0 Å². The van der Waals surface area contributed by atoms with Crippen LogP contribution in [-0.2, 0) is 14.8 Å². The fourth-order valence-electron chi connectivity index (χ4n) is 4.74. The number of rotatable bonds is 6. The van der Waals surface area contributed by atoms with Crippen molar-refractivity contribution >= 4 is 27.5 Å². The summed E-state index contributed by atoms with van der Waals surface area (Å²) in [5.74, 6) is -0.341. The van der Waals surface area contributed by atoms with Gasteiger partial charge in [-0.1, -0.05) is 31.0 Å². The monoisotopic (exact) mass is 469 g/mol. The summed E-state index contributed by atoms with van der Waals surface area (Å²) < 4.78 is 28.5. The zero-order valence-electron chi connectivity index (χ0n) is 19.1. The van der Waals surface area contributed by atoms with Crippen LogP contribution in [-0.4, -0.2) is 43.8 Å². The molecule has 2 fully saturated rings. The van der Waals surface area contributed by atoms with Crippen LogP contribution in [0.5, 0.6) is 0 Å². The van der Waals surface area contributed by atoms with Gasteiger partial charge in [0.2, 0.25) is 5.91 Å². The van der Waals surface area contributed by atoms with E-state index in [4.69, 9.17) is 0 Å². The van der Waals surface area contributed by atoms with Gasteiger partial charge in [0, 0.05) is 23.8 Å². The van der Waals surface area contributed by atoms with Crippen molar-refractivity contribution in [3.05, 3.63) is 59.2 Å². The van der Waals surface area contributed by atoms with Crippen LogP contribution < -0.4 is 10.0 Å². The Bertz CT molecular complexity index is 1160. The Morgan fingerprint density at radius 1 is 0.970 bits per heavy atom. The minimum Gasteiger partial charge on any atom is -0.352 e.